The Labute approximate surface area is 155 Å². The molecule has 0 aliphatic carbocycles. The van der Waals surface area contributed by atoms with Crippen molar-refractivity contribution in [3.63, 3.8) is 0 Å². The molecule has 0 unspecified atom stereocenters. The highest BCUT2D eigenvalue weighted by Gasteiger charge is 2.27. The van der Waals surface area contributed by atoms with E-state index >= 15 is 0 Å². The van der Waals surface area contributed by atoms with Crippen LogP contribution in [0.1, 0.15) is 10.4 Å². The van der Waals surface area contributed by atoms with Gasteiger partial charge in [0.25, 0.3) is 5.91 Å². The van der Waals surface area contributed by atoms with E-state index < -0.39 is 10.1 Å². The Bertz CT molecular complexity index is 1350. The van der Waals surface area contributed by atoms with Gasteiger partial charge in [0, 0.05) is 27.4 Å². The van der Waals surface area contributed by atoms with Gasteiger partial charge < -0.3 is 9.50 Å². The lowest BCUT2D eigenvalue weighted by Gasteiger charge is -2.12. The van der Waals surface area contributed by atoms with Crippen molar-refractivity contribution >= 4 is 43.3 Å². The zero-order chi connectivity index (χ0) is 18.6. The van der Waals surface area contributed by atoms with Gasteiger partial charge in [-0.05, 0) is 29.7 Å². The van der Waals surface area contributed by atoms with Gasteiger partial charge in [-0.15, -0.1) is 0 Å². The van der Waals surface area contributed by atoms with Gasteiger partial charge in [-0.2, -0.15) is 8.42 Å². The second-order valence-electron chi connectivity index (χ2n) is 6.31. The number of hydrogen-bond acceptors (Lipinski definition) is 4. The Kier molecular flexibility index (Phi) is 3.26. The Morgan fingerprint density at radius 3 is 2.41 bits per heavy atom. The number of carbonyl (C=O) groups is 1. The van der Waals surface area contributed by atoms with Gasteiger partial charge in [-0.25, -0.2) is 0 Å². The standard InChI is InChI=1S/C21H13NO4S/c23-21-16-9-4-8-15-19(12-11-17(22-21)20(15)16)27(24,25)26-18-10-3-6-13-5-1-2-7-14(13)18/h1-12H,(H,22,23). The molecule has 0 radical (unpaired) electrons. The van der Waals surface area contributed by atoms with Crippen molar-refractivity contribution in [2.75, 3.05) is 5.32 Å². The minimum absolute atomic E-state index is 0.0348. The van der Waals surface area contributed by atoms with Crippen molar-refractivity contribution in [2.24, 2.45) is 0 Å². The molecule has 5 nitrogen and oxygen atoms in total. The van der Waals surface area contributed by atoms with Crippen LogP contribution in [0.4, 0.5) is 5.69 Å². The lowest BCUT2D eigenvalue weighted by molar-refractivity contribution is 0.103. The number of nitrogens with one attached hydrogen (secondary N) is 1. The summed E-state index contributed by atoms with van der Waals surface area (Å²) in [6.07, 6.45) is 0. The van der Waals surface area contributed by atoms with Crippen molar-refractivity contribution in [1.82, 2.24) is 0 Å². The Morgan fingerprint density at radius 1 is 0.778 bits per heavy atom. The van der Waals surface area contributed by atoms with Crippen molar-refractivity contribution < 1.29 is 17.4 Å². The third kappa shape index (κ3) is 2.38. The molecule has 1 amide bonds. The normalized spacial score (nSPS) is 13.1. The molecule has 4 aromatic rings. The summed E-state index contributed by atoms with van der Waals surface area (Å²) in [6, 6.07) is 20.8. The van der Waals surface area contributed by atoms with E-state index in [9.17, 15) is 13.2 Å². The highest BCUT2D eigenvalue weighted by molar-refractivity contribution is 7.87. The second-order valence-corrected chi connectivity index (χ2v) is 7.82. The molecule has 1 heterocycles. The van der Waals surface area contributed by atoms with Crippen LogP contribution < -0.4 is 9.50 Å². The molecular formula is C21H13NO4S. The molecular weight excluding hydrogens is 362 g/mol. The predicted octanol–water partition coefficient (Wildman–Crippen LogP) is 4.33. The van der Waals surface area contributed by atoms with Crippen molar-refractivity contribution in [3.05, 3.63) is 78.4 Å². The molecule has 1 aliphatic rings. The average molecular weight is 375 g/mol. The summed E-state index contributed by atoms with van der Waals surface area (Å²) >= 11 is 0. The molecule has 1 aliphatic heterocycles. The van der Waals surface area contributed by atoms with Crippen molar-refractivity contribution in [2.45, 2.75) is 4.90 Å². The van der Waals surface area contributed by atoms with Gasteiger partial charge in [-0.1, -0.05) is 48.5 Å². The monoisotopic (exact) mass is 375 g/mol. The first-order valence-electron chi connectivity index (χ1n) is 8.34. The molecule has 1 N–H and O–H groups in total. The number of benzene rings is 4. The maximum Gasteiger partial charge on any atom is 0.339 e. The summed E-state index contributed by atoms with van der Waals surface area (Å²) in [5.41, 5.74) is 1.07. The summed E-state index contributed by atoms with van der Waals surface area (Å²) < 4.78 is 31.6. The largest absolute Gasteiger partial charge is 0.378 e. The van der Waals surface area contributed by atoms with E-state index in [1.807, 2.05) is 30.3 Å². The van der Waals surface area contributed by atoms with Crippen LogP contribution >= 0.6 is 0 Å². The zero-order valence-corrected chi connectivity index (χ0v) is 14.8. The van der Waals surface area contributed by atoms with Crippen molar-refractivity contribution in [3.8, 4) is 5.75 Å². The lowest BCUT2D eigenvalue weighted by Crippen LogP contribution is -2.10. The van der Waals surface area contributed by atoms with Gasteiger partial charge >= 0.3 is 10.1 Å². The number of rotatable bonds is 3. The summed E-state index contributed by atoms with van der Waals surface area (Å²) in [6.45, 7) is 0. The first-order chi connectivity index (χ1) is 13.0. The zero-order valence-electron chi connectivity index (χ0n) is 14.0. The SMILES string of the molecule is O=C1Nc2ccc(S(=O)(=O)Oc3cccc4ccccc34)c3cccc1c23. The van der Waals surface area contributed by atoms with Crippen LogP contribution in [0.15, 0.2) is 77.7 Å². The fourth-order valence-corrected chi connectivity index (χ4v) is 4.66. The van der Waals surface area contributed by atoms with Crippen LogP contribution in [-0.2, 0) is 10.1 Å². The van der Waals surface area contributed by atoms with Crippen LogP contribution in [0.25, 0.3) is 21.5 Å². The number of fused-ring (bicyclic) bond motifs is 1. The van der Waals surface area contributed by atoms with Crippen LogP contribution in [0, 0.1) is 0 Å². The topological polar surface area (TPSA) is 72.5 Å². The Balaban J connectivity index is 1.69. The van der Waals surface area contributed by atoms with Crippen LogP contribution in [0.2, 0.25) is 0 Å². The molecule has 6 heteroatoms. The second kappa shape index (κ2) is 5.56. The number of anilines is 1. The molecule has 0 atom stereocenters. The summed E-state index contributed by atoms with van der Waals surface area (Å²) in [5, 5.41) is 5.42. The van der Waals surface area contributed by atoms with Gasteiger partial charge in [-0.3, -0.25) is 4.79 Å². The van der Waals surface area contributed by atoms with Gasteiger partial charge in [0.1, 0.15) is 4.90 Å². The Hall–Kier alpha value is -3.38. The molecule has 0 aromatic heterocycles. The quantitative estimate of drug-likeness (QED) is 0.541. The van der Waals surface area contributed by atoms with E-state index in [2.05, 4.69) is 5.32 Å². The predicted molar refractivity (Wildman–Crippen MR) is 104 cm³/mol. The lowest BCUT2D eigenvalue weighted by atomic mass is 10.1. The van der Waals surface area contributed by atoms with E-state index in [4.69, 9.17) is 4.18 Å². The van der Waals surface area contributed by atoms with Gasteiger partial charge in [0.15, 0.2) is 5.75 Å². The molecule has 132 valence electrons. The molecule has 0 fully saturated rings. The van der Waals surface area contributed by atoms with Crippen molar-refractivity contribution in [1.29, 1.82) is 0 Å². The average Bonchev–Trinajstić information content (AvgIpc) is 2.99. The molecule has 0 spiro atoms. The first-order valence-corrected chi connectivity index (χ1v) is 9.75. The first kappa shape index (κ1) is 15.8. The molecule has 27 heavy (non-hydrogen) atoms. The van der Waals surface area contributed by atoms with Gasteiger partial charge in [0.2, 0.25) is 0 Å². The molecule has 0 saturated heterocycles. The molecule has 5 rings (SSSR count). The minimum atomic E-state index is -4.09. The van der Waals surface area contributed by atoms with E-state index in [0.717, 1.165) is 5.39 Å². The molecule has 4 aromatic carbocycles. The number of hydrogen-bond donors (Lipinski definition) is 1. The third-order valence-corrected chi connectivity index (χ3v) is 6.01. The summed E-state index contributed by atoms with van der Waals surface area (Å²) in [7, 11) is -4.09. The highest BCUT2D eigenvalue weighted by atomic mass is 32.2. The maximum atomic E-state index is 13.1. The van der Waals surface area contributed by atoms with E-state index in [1.54, 1.807) is 36.4 Å². The molecule has 0 bridgehead atoms. The summed E-state index contributed by atoms with van der Waals surface area (Å²) in [5.74, 6) is 0.0330. The minimum Gasteiger partial charge on any atom is -0.378 e. The van der Waals surface area contributed by atoms with Crippen LogP contribution in [0.5, 0.6) is 5.75 Å². The molecule has 0 saturated carbocycles. The third-order valence-electron chi connectivity index (χ3n) is 4.71. The Morgan fingerprint density at radius 2 is 1.52 bits per heavy atom. The maximum absolute atomic E-state index is 13.1. The number of amides is 1. The smallest absolute Gasteiger partial charge is 0.339 e. The highest BCUT2D eigenvalue weighted by Crippen LogP contribution is 2.37. The van der Waals surface area contributed by atoms with E-state index in [1.165, 1.54) is 6.07 Å². The fourth-order valence-electron chi connectivity index (χ4n) is 3.51. The van der Waals surface area contributed by atoms with Gasteiger partial charge in [0.05, 0.1) is 0 Å². The van der Waals surface area contributed by atoms with E-state index in [0.29, 0.717) is 27.4 Å². The van der Waals surface area contributed by atoms with E-state index in [-0.39, 0.29) is 16.6 Å². The van der Waals surface area contributed by atoms with Crippen LogP contribution in [0.3, 0.4) is 0 Å². The summed E-state index contributed by atoms with van der Waals surface area (Å²) in [4.78, 5) is 12.1. The van der Waals surface area contributed by atoms with Crippen LogP contribution in [-0.4, -0.2) is 14.3 Å². The number of carbonyl (C=O) groups excluding carboxylic acids is 1. The fraction of sp³-hybridized carbons (Fsp3) is 0.